The minimum absolute atomic E-state index is 0.237. The van der Waals surface area contributed by atoms with E-state index in [0.29, 0.717) is 0 Å². The molecule has 0 saturated heterocycles. The Kier molecular flexibility index (Phi) is 18.4. The number of thiophene rings is 4. The molecule has 4 aromatic heterocycles. The molecule has 17 aromatic rings. The number of hydrogen-bond acceptors (Lipinski definition) is 9. The first-order valence-corrected chi connectivity index (χ1v) is 39.5. The number of hydrogen-bond donors (Lipinski definition) is 1. The Bertz CT molecular complexity index is 5750. The van der Waals surface area contributed by atoms with Crippen molar-refractivity contribution in [1.82, 2.24) is 0 Å². The molecule has 0 saturated carbocycles. The van der Waals surface area contributed by atoms with E-state index in [9.17, 15) is 15.2 Å². The van der Waals surface area contributed by atoms with Crippen molar-refractivity contribution < 1.29 is 9.90 Å². The van der Waals surface area contributed by atoms with Gasteiger partial charge < -0.3 is 19.8 Å². The molecule has 0 amide bonds. The maximum absolute atomic E-state index is 12.0. The fourth-order valence-corrected chi connectivity index (χ4v) is 20.0. The Morgan fingerprint density at radius 1 is 0.365 bits per heavy atom. The van der Waals surface area contributed by atoms with Crippen LogP contribution in [0.3, 0.4) is 0 Å². The summed E-state index contributed by atoms with van der Waals surface area (Å²) in [6, 6.07) is 105. The van der Waals surface area contributed by atoms with E-state index in [-0.39, 0.29) is 5.57 Å². The van der Waals surface area contributed by atoms with Gasteiger partial charge in [-0.2, -0.15) is 5.26 Å². The third-order valence-corrected chi connectivity index (χ3v) is 25.6. The van der Waals surface area contributed by atoms with E-state index < -0.39 is 5.97 Å². The summed E-state index contributed by atoms with van der Waals surface area (Å²) in [6.45, 7) is 4.49. The second kappa shape index (κ2) is 28.9. The van der Waals surface area contributed by atoms with Gasteiger partial charge in [-0.15, -0.1) is 45.3 Å². The van der Waals surface area contributed by atoms with E-state index in [1.807, 2.05) is 28.7 Å². The average Bonchev–Trinajstić information content (AvgIpc) is 1.29. The van der Waals surface area contributed by atoms with Gasteiger partial charge in [-0.05, 0) is 236 Å². The fourth-order valence-electron chi connectivity index (χ4n) is 15.4. The predicted octanol–water partition coefficient (Wildman–Crippen LogP) is 29.0. The zero-order valence-corrected chi connectivity index (χ0v) is 61.2. The molecule has 4 heterocycles. The van der Waals surface area contributed by atoms with Crippen LogP contribution < -0.4 is 14.7 Å². The van der Waals surface area contributed by atoms with Crippen LogP contribution in [0.5, 0.6) is 0 Å². The average molecular weight is 1420 g/mol. The van der Waals surface area contributed by atoms with Crippen molar-refractivity contribution in [2.75, 3.05) is 14.7 Å². The molecule has 0 aliphatic carbocycles. The first-order valence-electron chi connectivity index (χ1n) is 36.2. The SMILES string of the molecule is CCCCCCc1cc(-c2ccc(-c3ccc(-c4cc(CCCCCC)c(-c5ccc(N(c6ccc(N(c7ccccc7)c7ccc8ccc9cccc%10ccc7c8c9%10)cc6)c6ccc(N(c7ccccc7)c7ccc8ccc9cccc%10ccc7c8c9%10)cc6)cc5)s4)s3)s2)sc1/C=C(/C#N)C(=O)O. The lowest BCUT2D eigenvalue weighted by Gasteiger charge is -2.30. The summed E-state index contributed by atoms with van der Waals surface area (Å²) in [5.41, 5.74) is 13.1. The van der Waals surface area contributed by atoms with Crippen LogP contribution in [0.2, 0.25) is 0 Å². The van der Waals surface area contributed by atoms with Crippen molar-refractivity contribution in [1.29, 1.82) is 5.26 Å². The van der Waals surface area contributed by atoms with Crippen LogP contribution in [0.25, 0.3) is 110 Å². The molecule has 0 atom stereocenters. The number of carboxylic acid groups (broad SMARTS) is 1. The molecule has 10 heteroatoms. The maximum Gasteiger partial charge on any atom is 0.346 e. The molecule has 17 rings (SSSR count). The van der Waals surface area contributed by atoms with Crippen molar-refractivity contribution in [2.24, 2.45) is 0 Å². The van der Waals surface area contributed by atoms with Crippen LogP contribution in [0.15, 0.2) is 285 Å². The molecule has 0 aliphatic heterocycles. The molecule has 0 fully saturated rings. The molecule has 506 valence electrons. The first kappa shape index (κ1) is 66.1. The van der Waals surface area contributed by atoms with E-state index in [1.54, 1.807) is 28.7 Å². The van der Waals surface area contributed by atoms with Crippen LogP contribution in [0, 0.1) is 11.3 Å². The van der Waals surface area contributed by atoms with E-state index in [4.69, 9.17) is 0 Å². The number of aliphatic carboxylic acids is 1. The molecule has 6 nitrogen and oxygen atoms in total. The second-order valence-electron chi connectivity index (χ2n) is 27.0. The highest BCUT2D eigenvalue weighted by Crippen LogP contribution is 2.51. The van der Waals surface area contributed by atoms with E-state index in [2.05, 4.69) is 308 Å². The first-order chi connectivity index (χ1) is 51.2. The molecule has 13 aromatic carbocycles. The van der Waals surface area contributed by atoms with Gasteiger partial charge in [0.1, 0.15) is 11.6 Å². The molecular weight excluding hydrogens is 1350 g/mol. The van der Waals surface area contributed by atoms with Crippen LogP contribution >= 0.6 is 45.3 Å². The Balaban J connectivity index is 0.738. The second-order valence-corrected chi connectivity index (χ2v) is 31.3. The lowest BCUT2D eigenvalue weighted by Crippen LogP contribution is -2.13. The molecule has 0 spiro atoms. The van der Waals surface area contributed by atoms with Gasteiger partial charge >= 0.3 is 5.97 Å². The van der Waals surface area contributed by atoms with Crippen molar-refractivity contribution >= 4 is 173 Å². The molecule has 1 N–H and O–H groups in total. The molecule has 0 aliphatic rings. The van der Waals surface area contributed by atoms with Gasteiger partial charge in [0.25, 0.3) is 0 Å². The highest BCUT2D eigenvalue weighted by atomic mass is 32.1. The van der Waals surface area contributed by atoms with Crippen molar-refractivity contribution in [3.8, 4) is 45.8 Å². The van der Waals surface area contributed by atoms with E-state index in [1.165, 1.54) is 119 Å². The fraction of sp³-hybridized carbons (Fsp3) is 0.128. The summed E-state index contributed by atoms with van der Waals surface area (Å²) < 4.78 is 0. The van der Waals surface area contributed by atoms with Crippen LogP contribution in [0.4, 0.5) is 51.2 Å². The highest BCUT2D eigenvalue weighted by Gasteiger charge is 2.25. The van der Waals surface area contributed by atoms with Crippen molar-refractivity contribution in [3.63, 3.8) is 0 Å². The minimum atomic E-state index is -1.20. The Morgan fingerprint density at radius 3 is 1.18 bits per heavy atom. The normalized spacial score (nSPS) is 11.9. The highest BCUT2D eigenvalue weighted by molar-refractivity contribution is 7.29. The largest absolute Gasteiger partial charge is 0.477 e. The van der Waals surface area contributed by atoms with Gasteiger partial charge in [-0.25, -0.2) is 4.79 Å². The smallest absolute Gasteiger partial charge is 0.346 e. The number of nitrogens with zero attached hydrogens (tertiary/aromatic N) is 4. The number of aryl methyl sites for hydroxylation is 2. The summed E-state index contributed by atoms with van der Waals surface area (Å²) in [6.07, 6.45) is 12.6. The number of nitriles is 1. The monoisotopic (exact) mass is 1420 g/mol. The van der Waals surface area contributed by atoms with Crippen LogP contribution in [-0.4, -0.2) is 11.1 Å². The van der Waals surface area contributed by atoms with Crippen LogP contribution in [0.1, 0.15) is 81.2 Å². The number of rotatable bonds is 25. The zero-order valence-electron chi connectivity index (χ0n) is 58.0. The van der Waals surface area contributed by atoms with Gasteiger partial charge in [0.05, 0.1) is 11.4 Å². The minimum Gasteiger partial charge on any atom is -0.477 e. The summed E-state index contributed by atoms with van der Waals surface area (Å²) >= 11 is 7.09. The summed E-state index contributed by atoms with van der Waals surface area (Å²) in [5.74, 6) is -1.20. The number of anilines is 9. The Morgan fingerprint density at radius 2 is 0.740 bits per heavy atom. The Labute approximate surface area is 622 Å². The van der Waals surface area contributed by atoms with Gasteiger partial charge in [0.15, 0.2) is 0 Å². The summed E-state index contributed by atoms with van der Waals surface area (Å²) in [5, 5.41) is 34.5. The number of benzene rings is 13. The Hall–Kier alpha value is -11.2. The molecule has 0 radical (unpaired) electrons. The number of para-hydroxylation sites is 2. The van der Waals surface area contributed by atoms with Gasteiger partial charge in [0.2, 0.25) is 0 Å². The molecule has 0 bridgehead atoms. The predicted molar refractivity (Wildman–Crippen MR) is 448 cm³/mol. The number of unbranched alkanes of at least 4 members (excludes halogenated alkanes) is 6. The third-order valence-electron chi connectivity index (χ3n) is 20.5. The third kappa shape index (κ3) is 12.6. The maximum atomic E-state index is 12.0. The zero-order chi connectivity index (χ0) is 70.2. The lowest BCUT2D eigenvalue weighted by atomic mass is 9.93. The van der Waals surface area contributed by atoms with Crippen molar-refractivity contribution in [3.05, 3.63) is 301 Å². The van der Waals surface area contributed by atoms with Crippen molar-refractivity contribution in [2.45, 2.75) is 78.1 Å². The molecular formula is C94H74N4O2S4. The van der Waals surface area contributed by atoms with Crippen LogP contribution in [-0.2, 0) is 17.6 Å². The summed E-state index contributed by atoms with van der Waals surface area (Å²) in [7, 11) is 0. The standard InChI is InChI=1S/C94H74N4O2S4/c1-3-5-7-11-19-68-57-87(103-86(68)59-70(60-95)94(99)100)84-55-53-82(101-84)83-54-56-85(102-83)88-58-69(20-12-8-6-4-2)93(104-88)67-33-39-73(40-34-67)96(74-41-45-76(46-42-74)97(71-25-13-9-14-26-71)80-51-37-65-31-29-61-21-17-23-63-35-49-78(80)91(65)89(61)63)75-43-47-77(48-44-75)98(72-27-15-10-16-28-72)81-52-38-66-32-30-62-22-18-24-64-36-50-79(81)92(66)90(62)64/h9-10,13-18,21-59H,3-8,11-12,19-20H2,1-2H3,(H,99,100)/b70-59-. The van der Waals surface area contributed by atoms with Gasteiger partial charge in [-0.3, -0.25) is 0 Å². The quantitative estimate of drug-likeness (QED) is 0.0266. The summed E-state index contributed by atoms with van der Waals surface area (Å²) in [4.78, 5) is 28.6. The van der Waals surface area contributed by atoms with E-state index >= 15 is 0 Å². The number of carboxylic acids is 1. The van der Waals surface area contributed by atoms with Gasteiger partial charge in [-0.1, -0.05) is 198 Å². The van der Waals surface area contributed by atoms with Gasteiger partial charge in [0, 0.05) is 89.6 Å². The van der Waals surface area contributed by atoms with E-state index in [0.717, 1.165) is 116 Å². The topological polar surface area (TPSA) is 70.8 Å². The molecule has 104 heavy (non-hydrogen) atoms. The number of carbonyl (C=O) groups is 1. The molecule has 0 unspecified atom stereocenters. The lowest BCUT2D eigenvalue weighted by molar-refractivity contribution is -0.132.